The van der Waals surface area contributed by atoms with E-state index in [1.807, 2.05) is 24.3 Å². The lowest BCUT2D eigenvalue weighted by Crippen LogP contribution is -2.36. The van der Waals surface area contributed by atoms with Crippen molar-refractivity contribution in [2.45, 2.75) is 24.9 Å². The molecule has 1 aliphatic rings. The molecule has 0 aliphatic heterocycles. The molecule has 2 rings (SSSR count). The average molecular weight is 220 g/mol. The van der Waals surface area contributed by atoms with E-state index in [1.165, 1.54) is 6.42 Å². The first-order valence-electron chi connectivity index (χ1n) is 5.35. The number of hydrogen-bond acceptors (Lipinski definition) is 3. The number of rotatable bonds is 3. The van der Waals surface area contributed by atoms with Crippen LogP contribution in [-0.4, -0.2) is 18.2 Å². The van der Waals surface area contributed by atoms with Crippen LogP contribution in [0, 0.1) is 0 Å². The smallest absolute Gasteiger partial charge is 0.170 e. The normalized spacial score (nSPS) is 19.2. The number of benzene rings is 1. The van der Waals surface area contributed by atoms with E-state index >= 15 is 0 Å². The van der Waals surface area contributed by atoms with Gasteiger partial charge in [-0.25, -0.2) is 0 Å². The van der Waals surface area contributed by atoms with E-state index < -0.39 is 0 Å². The molecule has 16 heavy (non-hydrogen) atoms. The number of nitrogens with two attached hydrogens (primary N) is 1. The molecule has 1 saturated carbocycles. The van der Waals surface area contributed by atoms with Gasteiger partial charge in [0, 0.05) is 12.7 Å². The standard InChI is InChI=1S/C12H16N2O2/c1-16-12(7-2-8-12)10-5-3-9(4-6-10)11(13)14-15/h3-6,15H,2,7-8H2,1H3,(H2,13,14). The van der Waals surface area contributed by atoms with Crippen molar-refractivity contribution in [3.05, 3.63) is 35.4 Å². The van der Waals surface area contributed by atoms with E-state index in [-0.39, 0.29) is 11.4 Å². The van der Waals surface area contributed by atoms with Crippen molar-refractivity contribution in [1.29, 1.82) is 0 Å². The molecule has 1 aliphatic carbocycles. The molecule has 1 aromatic rings. The predicted molar refractivity (Wildman–Crippen MR) is 61.5 cm³/mol. The Balaban J connectivity index is 2.25. The van der Waals surface area contributed by atoms with Crippen molar-refractivity contribution in [1.82, 2.24) is 0 Å². The molecule has 4 heteroatoms. The summed E-state index contributed by atoms with van der Waals surface area (Å²) in [5.74, 6) is 0.131. The Kier molecular flexibility index (Phi) is 2.83. The summed E-state index contributed by atoms with van der Waals surface area (Å²) in [6.45, 7) is 0. The lowest BCUT2D eigenvalue weighted by molar-refractivity contribution is -0.0778. The van der Waals surface area contributed by atoms with Crippen LogP contribution in [-0.2, 0) is 10.3 Å². The molecule has 0 saturated heterocycles. The van der Waals surface area contributed by atoms with Crippen LogP contribution >= 0.6 is 0 Å². The lowest BCUT2D eigenvalue weighted by atomic mass is 9.75. The van der Waals surface area contributed by atoms with Gasteiger partial charge in [-0.05, 0) is 24.8 Å². The molecule has 0 aromatic heterocycles. The van der Waals surface area contributed by atoms with Gasteiger partial charge >= 0.3 is 0 Å². The molecule has 0 heterocycles. The van der Waals surface area contributed by atoms with Crippen LogP contribution in [0.5, 0.6) is 0 Å². The fourth-order valence-electron chi connectivity index (χ4n) is 2.11. The van der Waals surface area contributed by atoms with Gasteiger partial charge in [-0.2, -0.15) is 0 Å². The molecule has 3 N–H and O–H groups in total. The van der Waals surface area contributed by atoms with Crippen molar-refractivity contribution in [2.75, 3.05) is 7.11 Å². The van der Waals surface area contributed by atoms with Gasteiger partial charge in [0.05, 0.1) is 5.60 Å². The molecule has 0 bridgehead atoms. The van der Waals surface area contributed by atoms with Crippen LogP contribution < -0.4 is 5.73 Å². The maximum atomic E-state index is 8.56. The van der Waals surface area contributed by atoms with Crippen LogP contribution in [0.2, 0.25) is 0 Å². The second-order valence-corrected chi connectivity index (χ2v) is 4.11. The second kappa shape index (κ2) is 4.14. The zero-order valence-electron chi connectivity index (χ0n) is 9.31. The monoisotopic (exact) mass is 220 g/mol. The minimum atomic E-state index is -0.107. The third kappa shape index (κ3) is 1.65. The highest BCUT2D eigenvalue weighted by molar-refractivity contribution is 5.96. The third-order valence-electron chi connectivity index (χ3n) is 3.37. The summed E-state index contributed by atoms with van der Waals surface area (Å²) < 4.78 is 5.58. The van der Waals surface area contributed by atoms with Gasteiger partial charge in [0.2, 0.25) is 0 Å². The van der Waals surface area contributed by atoms with Gasteiger partial charge < -0.3 is 15.7 Å². The van der Waals surface area contributed by atoms with Crippen molar-refractivity contribution in [2.24, 2.45) is 10.9 Å². The molecular weight excluding hydrogens is 204 g/mol. The highest BCUT2D eigenvalue weighted by Crippen LogP contribution is 2.44. The summed E-state index contributed by atoms with van der Waals surface area (Å²) in [5.41, 5.74) is 7.28. The van der Waals surface area contributed by atoms with Crippen molar-refractivity contribution < 1.29 is 9.94 Å². The number of methoxy groups -OCH3 is 1. The molecule has 86 valence electrons. The van der Waals surface area contributed by atoms with E-state index in [4.69, 9.17) is 15.7 Å². The second-order valence-electron chi connectivity index (χ2n) is 4.11. The maximum absolute atomic E-state index is 8.56. The van der Waals surface area contributed by atoms with Crippen LogP contribution in [0.15, 0.2) is 29.4 Å². The molecule has 4 nitrogen and oxygen atoms in total. The Morgan fingerprint density at radius 1 is 1.38 bits per heavy atom. The van der Waals surface area contributed by atoms with Gasteiger partial charge in [0.1, 0.15) is 0 Å². The van der Waals surface area contributed by atoms with E-state index in [2.05, 4.69) is 5.16 Å². The average Bonchev–Trinajstić information content (AvgIpc) is 2.28. The zero-order chi connectivity index (χ0) is 11.6. The topological polar surface area (TPSA) is 67.8 Å². The van der Waals surface area contributed by atoms with E-state index in [0.29, 0.717) is 0 Å². The molecular formula is C12H16N2O2. The summed E-state index contributed by atoms with van der Waals surface area (Å²) in [4.78, 5) is 0. The summed E-state index contributed by atoms with van der Waals surface area (Å²) >= 11 is 0. The van der Waals surface area contributed by atoms with Gasteiger partial charge in [-0.15, -0.1) is 0 Å². The highest BCUT2D eigenvalue weighted by atomic mass is 16.5. The first kappa shape index (κ1) is 11.0. The van der Waals surface area contributed by atoms with E-state index in [1.54, 1.807) is 7.11 Å². The molecule has 0 spiro atoms. The zero-order valence-corrected chi connectivity index (χ0v) is 9.31. The number of hydrogen-bond donors (Lipinski definition) is 2. The fourth-order valence-corrected chi connectivity index (χ4v) is 2.11. The molecule has 0 amide bonds. The minimum Gasteiger partial charge on any atom is -0.409 e. The van der Waals surface area contributed by atoms with Crippen molar-refractivity contribution in [3.63, 3.8) is 0 Å². The predicted octanol–water partition coefficient (Wildman–Crippen LogP) is 1.81. The highest BCUT2D eigenvalue weighted by Gasteiger charge is 2.38. The summed E-state index contributed by atoms with van der Waals surface area (Å²) in [5, 5.41) is 11.5. The van der Waals surface area contributed by atoms with Crippen LogP contribution in [0.1, 0.15) is 30.4 Å². The van der Waals surface area contributed by atoms with Crippen molar-refractivity contribution in [3.8, 4) is 0 Å². The maximum Gasteiger partial charge on any atom is 0.170 e. The summed E-state index contributed by atoms with van der Waals surface area (Å²) in [6, 6.07) is 7.67. The number of ether oxygens (including phenoxy) is 1. The molecule has 0 radical (unpaired) electrons. The Hall–Kier alpha value is -1.55. The first-order chi connectivity index (χ1) is 7.72. The SMILES string of the molecule is COC1(c2ccc(/C(N)=N/O)cc2)CCC1. The summed E-state index contributed by atoms with van der Waals surface area (Å²) in [7, 11) is 1.75. The quantitative estimate of drug-likeness (QED) is 0.353. The molecule has 1 fully saturated rings. The Labute approximate surface area is 94.7 Å². The van der Waals surface area contributed by atoms with Gasteiger partial charge in [0.25, 0.3) is 0 Å². The Bertz CT molecular complexity index is 388. The molecule has 0 atom stereocenters. The lowest BCUT2D eigenvalue weighted by Gasteiger charge is -2.41. The molecule has 0 unspecified atom stereocenters. The number of amidine groups is 1. The largest absolute Gasteiger partial charge is 0.409 e. The number of nitrogens with zero attached hydrogens (tertiary/aromatic N) is 1. The molecule has 1 aromatic carbocycles. The van der Waals surface area contributed by atoms with Crippen LogP contribution in [0.4, 0.5) is 0 Å². The Morgan fingerprint density at radius 3 is 2.38 bits per heavy atom. The van der Waals surface area contributed by atoms with Crippen LogP contribution in [0.25, 0.3) is 0 Å². The first-order valence-corrected chi connectivity index (χ1v) is 5.35. The van der Waals surface area contributed by atoms with Gasteiger partial charge in [-0.3, -0.25) is 0 Å². The van der Waals surface area contributed by atoms with Crippen molar-refractivity contribution >= 4 is 5.84 Å². The third-order valence-corrected chi connectivity index (χ3v) is 3.37. The van der Waals surface area contributed by atoms with E-state index in [0.717, 1.165) is 24.0 Å². The fraction of sp³-hybridized carbons (Fsp3) is 0.417. The van der Waals surface area contributed by atoms with Gasteiger partial charge in [-0.1, -0.05) is 29.4 Å². The van der Waals surface area contributed by atoms with Gasteiger partial charge in [0.15, 0.2) is 5.84 Å². The number of oxime groups is 1. The Morgan fingerprint density at radius 2 is 2.00 bits per heavy atom. The summed E-state index contributed by atoms with van der Waals surface area (Å²) in [6.07, 6.45) is 3.33. The van der Waals surface area contributed by atoms with Crippen LogP contribution in [0.3, 0.4) is 0 Å². The minimum absolute atomic E-state index is 0.107. The van der Waals surface area contributed by atoms with E-state index in [9.17, 15) is 0 Å².